The largest absolute Gasteiger partial charge is 0.461 e. The first-order valence-electron chi connectivity index (χ1n) is 9.13. The fourth-order valence-electron chi connectivity index (χ4n) is 2.67. The summed E-state index contributed by atoms with van der Waals surface area (Å²) < 4.78 is 16.0. The second-order valence-corrected chi connectivity index (χ2v) is 6.33. The van der Waals surface area contributed by atoms with Crippen molar-refractivity contribution in [1.29, 1.82) is 0 Å². The van der Waals surface area contributed by atoms with E-state index >= 15 is 0 Å². The second kappa shape index (κ2) is 9.03. The van der Waals surface area contributed by atoms with Crippen molar-refractivity contribution in [1.82, 2.24) is 5.16 Å². The van der Waals surface area contributed by atoms with Gasteiger partial charge in [0.1, 0.15) is 17.3 Å². The molecular weight excluding hydrogens is 360 g/mol. The Hall–Kier alpha value is -3.35. The highest BCUT2D eigenvalue weighted by molar-refractivity contribution is 5.94. The molecule has 0 fully saturated rings. The highest BCUT2D eigenvalue weighted by Crippen LogP contribution is 2.22. The number of furan rings is 1. The molecule has 146 valence electrons. The number of carbonyl (C=O) groups is 2. The summed E-state index contributed by atoms with van der Waals surface area (Å²) in [6.45, 7) is 3.49. The molecule has 0 aliphatic rings. The molecule has 3 rings (SSSR count). The van der Waals surface area contributed by atoms with Gasteiger partial charge in [-0.2, -0.15) is 0 Å². The van der Waals surface area contributed by atoms with Crippen LogP contribution in [0.25, 0.3) is 11.3 Å². The molecule has 1 unspecified atom stereocenters. The summed E-state index contributed by atoms with van der Waals surface area (Å²) in [5.41, 5.74) is 0.974. The van der Waals surface area contributed by atoms with E-state index in [-0.39, 0.29) is 6.42 Å². The van der Waals surface area contributed by atoms with Crippen molar-refractivity contribution < 1.29 is 23.3 Å². The van der Waals surface area contributed by atoms with Crippen LogP contribution in [-0.2, 0) is 20.7 Å². The molecular formula is C21H22N2O5. The maximum Gasteiger partial charge on any atom is 0.307 e. The molecule has 2 heterocycles. The lowest BCUT2D eigenvalue weighted by molar-refractivity contribution is -0.154. The lowest BCUT2D eigenvalue weighted by Crippen LogP contribution is -2.32. The van der Waals surface area contributed by atoms with Crippen LogP contribution in [0, 0.1) is 6.92 Å². The number of hydrogen-bond acceptors (Lipinski definition) is 6. The molecule has 2 aromatic heterocycles. The van der Waals surface area contributed by atoms with Crippen LogP contribution in [0.4, 0.5) is 5.82 Å². The Bertz CT molecular complexity index is 929. The number of nitrogens with one attached hydrogen (secondary N) is 1. The maximum absolute atomic E-state index is 12.2. The average Bonchev–Trinajstić information content (AvgIpc) is 3.34. The predicted octanol–water partition coefficient (Wildman–Crippen LogP) is 4.14. The zero-order valence-electron chi connectivity index (χ0n) is 15.8. The van der Waals surface area contributed by atoms with Gasteiger partial charge in [-0.05, 0) is 25.5 Å². The zero-order chi connectivity index (χ0) is 19.9. The minimum absolute atomic E-state index is 0.120. The fourth-order valence-corrected chi connectivity index (χ4v) is 2.67. The summed E-state index contributed by atoms with van der Waals surface area (Å²) in [5.74, 6) is 1.41. The van der Waals surface area contributed by atoms with Gasteiger partial charge in [-0.1, -0.05) is 42.4 Å². The number of nitrogens with zero attached hydrogens (tertiary/aromatic N) is 1. The Morgan fingerprint density at radius 2 is 1.96 bits per heavy atom. The van der Waals surface area contributed by atoms with Crippen LogP contribution in [0.1, 0.15) is 31.3 Å². The highest BCUT2D eigenvalue weighted by Gasteiger charge is 2.22. The van der Waals surface area contributed by atoms with E-state index in [0.717, 1.165) is 11.3 Å². The van der Waals surface area contributed by atoms with E-state index in [1.165, 1.54) is 0 Å². The van der Waals surface area contributed by atoms with E-state index in [2.05, 4.69) is 10.5 Å². The van der Waals surface area contributed by atoms with Gasteiger partial charge in [0.15, 0.2) is 11.9 Å². The second-order valence-electron chi connectivity index (χ2n) is 6.33. The van der Waals surface area contributed by atoms with Crippen LogP contribution in [0.5, 0.6) is 0 Å². The van der Waals surface area contributed by atoms with Gasteiger partial charge in [-0.25, -0.2) is 0 Å². The van der Waals surface area contributed by atoms with Crippen molar-refractivity contribution in [2.24, 2.45) is 0 Å². The standard InChI is InChI=1S/C21H22N2O5/c1-3-17(21(25)22-19-13-14(2)28-23-19)27-20(24)12-10-16-9-11-18(26-16)15-7-5-4-6-8-15/h4-9,11,13,17H,3,10,12H2,1-2H3,(H,22,23,25). The maximum atomic E-state index is 12.2. The van der Waals surface area contributed by atoms with Gasteiger partial charge in [0.2, 0.25) is 0 Å². The van der Waals surface area contributed by atoms with Gasteiger partial charge >= 0.3 is 5.97 Å². The molecule has 0 aliphatic carbocycles. The van der Waals surface area contributed by atoms with E-state index in [1.54, 1.807) is 19.9 Å². The Balaban J connectivity index is 1.50. The summed E-state index contributed by atoms with van der Waals surface area (Å²) in [6.07, 6.45) is -0.0188. The molecule has 0 spiro atoms. The topological polar surface area (TPSA) is 94.6 Å². The number of hydrogen-bond donors (Lipinski definition) is 1. The van der Waals surface area contributed by atoms with Crippen LogP contribution < -0.4 is 5.32 Å². The molecule has 28 heavy (non-hydrogen) atoms. The minimum atomic E-state index is -0.888. The number of carbonyl (C=O) groups excluding carboxylic acids is 2. The third-order valence-corrected chi connectivity index (χ3v) is 4.11. The third-order valence-electron chi connectivity index (χ3n) is 4.11. The van der Waals surface area contributed by atoms with Crippen LogP contribution in [0.15, 0.2) is 57.5 Å². The average molecular weight is 382 g/mol. The normalized spacial score (nSPS) is 11.8. The number of benzene rings is 1. The highest BCUT2D eigenvalue weighted by atomic mass is 16.5. The summed E-state index contributed by atoms with van der Waals surface area (Å²) in [6, 6.07) is 15.0. The fraction of sp³-hybridized carbons (Fsp3) is 0.286. The summed E-state index contributed by atoms with van der Waals surface area (Å²) >= 11 is 0. The summed E-state index contributed by atoms with van der Waals surface area (Å²) in [4.78, 5) is 24.4. The van der Waals surface area contributed by atoms with E-state index < -0.39 is 18.0 Å². The monoisotopic (exact) mass is 382 g/mol. The molecule has 7 heteroatoms. The number of esters is 1. The lowest BCUT2D eigenvalue weighted by Gasteiger charge is -2.14. The van der Waals surface area contributed by atoms with Crippen molar-refractivity contribution in [2.75, 3.05) is 5.32 Å². The van der Waals surface area contributed by atoms with Gasteiger partial charge in [0.25, 0.3) is 5.91 Å². The molecule has 0 aliphatic heterocycles. The Morgan fingerprint density at radius 1 is 1.18 bits per heavy atom. The number of anilines is 1. The molecule has 0 bridgehead atoms. The van der Waals surface area contributed by atoms with E-state index in [1.807, 2.05) is 42.5 Å². The SMILES string of the molecule is CCC(OC(=O)CCc1ccc(-c2ccccc2)o1)C(=O)Nc1cc(C)on1. The minimum Gasteiger partial charge on any atom is -0.461 e. The number of ether oxygens (including phenoxy) is 1. The quantitative estimate of drug-likeness (QED) is 0.589. The molecule has 0 saturated heterocycles. The smallest absolute Gasteiger partial charge is 0.307 e. The Kier molecular flexibility index (Phi) is 6.26. The molecule has 3 aromatic rings. The van der Waals surface area contributed by atoms with Gasteiger partial charge in [0.05, 0.1) is 6.42 Å². The summed E-state index contributed by atoms with van der Waals surface area (Å²) in [7, 11) is 0. The van der Waals surface area contributed by atoms with Gasteiger partial charge in [-0.15, -0.1) is 0 Å². The predicted molar refractivity (Wildman–Crippen MR) is 103 cm³/mol. The van der Waals surface area contributed by atoms with Crippen molar-refractivity contribution >= 4 is 17.7 Å². The number of aryl methyl sites for hydroxylation is 2. The lowest BCUT2D eigenvalue weighted by atomic mass is 10.2. The van der Waals surface area contributed by atoms with Crippen LogP contribution in [-0.4, -0.2) is 23.1 Å². The van der Waals surface area contributed by atoms with Crippen molar-refractivity contribution in [3.63, 3.8) is 0 Å². The molecule has 1 atom stereocenters. The van der Waals surface area contributed by atoms with Crippen molar-refractivity contribution in [3.05, 3.63) is 60.1 Å². The summed E-state index contributed by atoms with van der Waals surface area (Å²) in [5, 5.41) is 6.27. The molecule has 0 radical (unpaired) electrons. The van der Waals surface area contributed by atoms with Crippen LogP contribution >= 0.6 is 0 Å². The first kappa shape index (κ1) is 19.4. The van der Waals surface area contributed by atoms with E-state index in [4.69, 9.17) is 13.7 Å². The Labute approximate surface area is 162 Å². The van der Waals surface area contributed by atoms with Crippen LogP contribution in [0.3, 0.4) is 0 Å². The van der Waals surface area contributed by atoms with E-state index in [9.17, 15) is 9.59 Å². The third kappa shape index (κ3) is 5.09. The molecule has 0 saturated carbocycles. The van der Waals surface area contributed by atoms with Gasteiger partial charge in [-0.3, -0.25) is 9.59 Å². The van der Waals surface area contributed by atoms with Crippen LogP contribution in [0.2, 0.25) is 0 Å². The number of aromatic nitrogens is 1. The molecule has 1 amide bonds. The van der Waals surface area contributed by atoms with Crippen molar-refractivity contribution in [3.8, 4) is 11.3 Å². The van der Waals surface area contributed by atoms with Crippen molar-refractivity contribution in [2.45, 2.75) is 39.2 Å². The molecule has 1 N–H and O–H groups in total. The molecule has 1 aromatic carbocycles. The zero-order valence-corrected chi connectivity index (χ0v) is 15.8. The Morgan fingerprint density at radius 3 is 2.64 bits per heavy atom. The first-order chi connectivity index (χ1) is 13.5. The molecule has 7 nitrogen and oxygen atoms in total. The van der Waals surface area contributed by atoms with E-state index in [0.29, 0.717) is 30.2 Å². The van der Waals surface area contributed by atoms with Gasteiger partial charge < -0.3 is 19.0 Å². The first-order valence-corrected chi connectivity index (χ1v) is 9.13. The number of amides is 1. The van der Waals surface area contributed by atoms with Gasteiger partial charge in [0, 0.05) is 18.1 Å². The number of rotatable bonds is 8.